The number of imidazole rings is 1. The lowest BCUT2D eigenvalue weighted by molar-refractivity contribution is -0.147. The van der Waals surface area contributed by atoms with Gasteiger partial charge in [-0.25, -0.2) is 25.1 Å². The largest absolute Gasteiger partial charge is 0.464 e. The Bertz CT molecular complexity index is 1420. The van der Waals surface area contributed by atoms with Gasteiger partial charge >= 0.3 is 19.6 Å². The van der Waals surface area contributed by atoms with E-state index >= 15 is 0 Å². The number of nitrogen functional groups attached to an aromatic ring is 1. The second-order valence-corrected chi connectivity index (χ2v) is 13.9. The van der Waals surface area contributed by atoms with Gasteiger partial charge in [-0.2, -0.15) is 0 Å². The Morgan fingerprint density at radius 1 is 1.11 bits per heavy atom. The number of nitrogens with two attached hydrogens (primary N) is 1. The highest BCUT2D eigenvalue weighted by Gasteiger charge is 2.50. The standard InChI is InChI=1S/C31H50N7O8P/c1-9-22(10-2)15-43-29(40)19(6)36-47(42,37-20(7)30(41)44-16-23(11-3)12-4)45-17-31(13-5)24(39)14-25(46-31)38-18-33-26-27(32)34-21(8)35-28(26)38/h5,18-20,22-25,39H,9-12,14-17H2,1-4,6-8H3,(H2,32,34,35)(H2,36,37,42)/t19-,20-,24-,25+,31+/m0/s1. The van der Waals surface area contributed by atoms with Crippen LogP contribution in [0.2, 0.25) is 0 Å². The zero-order valence-corrected chi connectivity index (χ0v) is 29.3. The average Bonchev–Trinajstić information content (AvgIpc) is 3.61. The van der Waals surface area contributed by atoms with Crippen molar-refractivity contribution in [2.45, 2.75) is 111 Å². The summed E-state index contributed by atoms with van der Waals surface area (Å²) in [7, 11) is -4.27. The van der Waals surface area contributed by atoms with Crippen LogP contribution in [0.1, 0.15) is 85.7 Å². The first-order valence-corrected chi connectivity index (χ1v) is 17.8. The van der Waals surface area contributed by atoms with E-state index in [0.29, 0.717) is 17.0 Å². The van der Waals surface area contributed by atoms with E-state index in [0.717, 1.165) is 25.7 Å². The van der Waals surface area contributed by atoms with Crippen LogP contribution in [0.25, 0.3) is 11.2 Å². The third kappa shape index (κ3) is 9.49. The first-order valence-electron chi connectivity index (χ1n) is 16.2. The monoisotopic (exact) mass is 679 g/mol. The zero-order valence-electron chi connectivity index (χ0n) is 28.4. The molecule has 5 atom stereocenters. The molecule has 16 heteroatoms. The minimum Gasteiger partial charge on any atom is -0.464 e. The maximum Gasteiger partial charge on any atom is 0.342 e. The Morgan fingerprint density at radius 2 is 1.64 bits per heavy atom. The number of nitrogens with one attached hydrogen (secondary N) is 2. The summed E-state index contributed by atoms with van der Waals surface area (Å²) in [4.78, 5) is 38.6. The number of nitrogens with zero attached hydrogens (tertiary/aromatic N) is 4. The van der Waals surface area contributed by atoms with Crippen LogP contribution >= 0.6 is 7.67 Å². The molecule has 1 fully saturated rings. The number of aliphatic hydroxyl groups excluding tert-OH is 1. The summed E-state index contributed by atoms with van der Waals surface area (Å²) in [5.74, 6) is 2.12. The molecule has 1 aliphatic rings. The molecule has 1 saturated heterocycles. The fraction of sp³-hybridized carbons (Fsp3) is 0.710. The van der Waals surface area contributed by atoms with Crippen LogP contribution in [0.5, 0.6) is 0 Å². The molecule has 0 aromatic carbocycles. The Labute approximate surface area is 276 Å². The van der Waals surface area contributed by atoms with Gasteiger partial charge in [-0.3, -0.25) is 18.7 Å². The van der Waals surface area contributed by atoms with Crippen molar-refractivity contribution in [2.75, 3.05) is 25.6 Å². The molecule has 5 N–H and O–H groups in total. The molecule has 47 heavy (non-hydrogen) atoms. The quantitative estimate of drug-likeness (QED) is 0.101. The lowest BCUT2D eigenvalue weighted by atomic mass is 9.99. The van der Waals surface area contributed by atoms with Gasteiger partial charge in [-0.1, -0.05) is 59.3 Å². The number of anilines is 1. The van der Waals surface area contributed by atoms with Crippen LogP contribution in [-0.4, -0.2) is 80.2 Å². The summed E-state index contributed by atoms with van der Waals surface area (Å²) in [6, 6.07) is -2.21. The highest BCUT2D eigenvalue weighted by molar-refractivity contribution is 7.54. The molecule has 2 aromatic heterocycles. The molecule has 0 saturated carbocycles. The van der Waals surface area contributed by atoms with Gasteiger partial charge in [0, 0.05) is 6.42 Å². The molecule has 1 aliphatic heterocycles. The second-order valence-electron chi connectivity index (χ2n) is 12.0. The number of hydrogen-bond donors (Lipinski definition) is 4. The number of aromatic nitrogens is 4. The van der Waals surface area contributed by atoms with Crippen molar-refractivity contribution in [3.8, 4) is 12.3 Å². The van der Waals surface area contributed by atoms with Gasteiger partial charge in [0.1, 0.15) is 35.8 Å². The fourth-order valence-electron chi connectivity index (χ4n) is 5.10. The van der Waals surface area contributed by atoms with Crippen LogP contribution < -0.4 is 15.9 Å². The van der Waals surface area contributed by atoms with Crippen molar-refractivity contribution in [3.05, 3.63) is 12.2 Å². The van der Waals surface area contributed by atoms with Crippen molar-refractivity contribution >= 4 is 36.6 Å². The van der Waals surface area contributed by atoms with Gasteiger partial charge in [-0.05, 0) is 32.6 Å². The molecule has 3 rings (SSSR count). The lowest BCUT2D eigenvalue weighted by Gasteiger charge is -2.31. The highest BCUT2D eigenvalue weighted by Crippen LogP contribution is 2.44. The normalized spacial score (nSPS) is 21.2. The van der Waals surface area contributed by atoms with E-state index in [4.69, 9.17) is 30.9 Å². The number of terminal acetylenes is 1. The van der Waals surface area contributed by atoms with Crippen molar-refractivity contribution in [1.82, 2.24) is 29.7 Å². The first-order chi connectivity index (χ1) is 22.2. The summed E-state index contributed by atoms with van der Waals surface area (Å²) in [5.41, 5.74) is 4.98. The minimum absolute atomic E-state index is 0.0185. The summed E-state index contributed by atoms with van der Waals surface area (Å²) >= 11 is 0. The highest BCUT2D eigenvalue weighted by atomic mass is 31.2. The molecule has 0 amide bonds. The Hall–Kier alpha value is -3.12. The number of carbonyl (C=O) groups excluding carboxylic acids is 2. The number of carbonyl (C=O) groups is 2. The average molecular weight is 680 g/mol. The molecule has 15 nitrogen and oxygen atoms in total. The molecule has 3 heterocycles. The molecule has 0 radical (unpaired) electrons. The SMILES string of the molecule is C#C[C@]1(COP(=O)(N[C@@H](C)C(=O)OCC(CC)CC)N[C@@H](C)C(=O)OCC(CC)CC)O[C@@H](n2cnc3c(N)nc(C)nc32)C[C@@H]1O. The number of ether oxygens (including phenoxy) is 3. The molecule has 2 aromatic rings. The van der Waals surface area contributed by atoms with Gasteiger partial charge in [0.2, 0.25) is 0 Å². The summed E-state index contributed by atoms with van der Waals surface area (Å²) in [5, 5.41) is 16.5. The van der Waals surface area contributed by atoms with Crippen LogP contribution in [0, 0.1) is 31.1 Å². The lowest BCUT2D eigenvalue weighted by Crippen LogP contribution is -2.46. The molecule has 0 spiro atoms. The van der Waals surface area contributed by atoms with Crippen molar-refractivity contribution in [2.24, 2.45) is 11.8 Å². The van der Waals surface area contributed by atoms with Crippen LogP contribution in [0.3, 0.4) is 0 Å². The number of aliphatic hydroxyl groups is 1. The fourth-order valence-corrected chi connectivity index (χ4v) is 6.93. The maximum atomic E-state index is 14.3. The number of esters is 2. The zero-order chi connectivity index (χ0) is 34.9. The van der Waals surface area contributed by atoms with E-state index < -0.39 is 56.2 Å². The van der Waals surface area contributed by atoms with E-state index in [1.807, 2.05) is 27.7 Å². The van der Waals surface area contributed by atoms with Gasteiger partial charge in [0.25, 0.3) is 0 Å². The van der Waals surface area contributed by atoms with E-state index in [2.05, 4.69) is 31.0 Å². The maximum absolute atomic E-state index is 14.3. The van der Waals surface area contributed by atoms with Crippen molar-refractivity contribution < 1.29 is 38.0 Å². The van der Waals surface area contributed by atoms with E-state index in [9.17, 15) is 19.3 Å². The first kappa shape index (κ1) is 38.3. The van der Waals surface area contributed by atoms with Crippen LogP contribution in [0.15, 0.2) is 6.33 Å². The molecular weight excluding hydrogens is 629 g/mol. The van der Waals surface area contributed by atoms with E-state index in [-0.39, 0.29) is 37.3 Å². The Kier molecular flexibility index (Phi) is 13.7. The number of hydrogen-bond acceptors (Lipinski definition) is 12. The predicted molar refractivity (Wildman–Crippen MR) is 176 cm³/mol. The number of fused-ring (bicyclic) bond motifs is 1. The van der Waals surface area contributed by atoms with E-state index in [1.54, 1.807) is 11.5 Å². The number of aryl methyl sites for hydroxylation is 1. The molecule has 0 aliphatic carbocycles. The Balaban J connectivity index is 1.81. The molecular formula is C31H50N7O8P. The van der Waals surface area contributed by atoms with Gasteiger partial charge < -0.3 is 29.6 Å². The topological polar surface area (TPSA) is 202 Å². The third-order valence-corrected chi connectivity index (χ3v) is 10.5. The smallest absolute Gasteiger partial charge is 0.342 e. The van der Waals surface area contributed by atoms with Gasteiger partial charge in [0.15, 0.2) is 17.1 Å². The third-order valence-electron chi connectivity index (χ3n) is 8.55. The summed E-state index contributed by atoms with van der Waals surface area (Å²) < 4.78 is 38.8. The van der Waals surface area contributed by atoms with Crippen LogP contribution in [0.4, 0.5) is 5.82 Å². The second kappa shape index (κ2) is 16.8. The van der Waals surface area contributed by atoms with Crippen molar-refractivity contribution in [1.29, 1.82) is 0 Å². The molecule has 262 valence electrons. The Morgan fingerprint density at radius 3 is 2.13 bits per heavy atom. The van der Waals surface area contributed by atoms with Gasteiger partial charge in [-0.15, -0.1) is 6.42 Å². The van der Waals surface area contributed by atoms with E-state index in [1.165, 1.54) is 20.2 Å². The minimum atomic E-state index is -4.27. The number of rotatable bonds is 18. The van der Waals surface area contributed by atoms with Gasteiger partial charge in [0.05, 0.1) is 26.1 Å². The predicted octanol–water partition coefficient (Wildman–Crippen LogP) is 3.41. The molecule has 0 bridgehead atoms. The summed E-state index contributed by atoms with van der Waals surface area (Å²) in [6.45, 7) is 12.5. The molecule has 0 unspecified atom stereocenters. The van der Waals surface area contributed by atoms with Crippen LogP contribution in [-0.2, 0) is 32.9 Å². The summed E-state index contributed by atoms with van der Waals surface area (Å²) in [6.07, 6.45) is 8.58. The van der Waals surface area contributed by atoms with Crippen molar-refractivity contribution in [3.63, 3.8) is 0 Å².